The predicted molar refractivity (Wildman–Crippen MR) is 51.5 cm³/mol. The van der Waals surface area contributed by atoms with Crippen LogP contribution in [0.4, 0.5) is 0 Å². The summed E-state index contributed by atoms with van der Waals surface area (Å²) < 4.78 is 0. The van der Waals surface area contributed by atoms with Gasteiger partial charge >= 0.3 is 0 Å². The number of nitrogens with zero attached hydrogens (tertiary/aromatic N) is 2. The minimum absolute atomic E-state index is 0.388. The van der Waals surface area contributed by atoms with Crippen LogP contribution in [0.5, 0.6) is 0 Å². The molecule has 1 aliphatic rings. The van der Waals surface area contributed by atoms with E-state index in [2.05, 4.69) is 15.3 Å². The molecule has 1 atom stereocenters. The summed E-state index contributed by atoms with van der Waals surface area (Å²) in [7, 11) is 0. The monoisotopic (exact) mass is 177 g/mol. The van der Waals surface area contributed by atoms with Gasteiger partial charge in [0.25, 0.3) is 0 Å². The van der Waals surface area contributed by atoms with Crippen molar-refractivity contribution in [3.8, 4) is 0 Å². The van der Waals surface area contributed by atoms with Crippen LogP contribution in [-0.4, -0.2) is 16.5 Å². The molecule has 1 fully saturated rings. The number of rotatable bonds is 1. The average molecular weight is 177 g/mol. The lowest BCUT2D eigenvalue weighted by Gasteiger charge is -2.09. The predicted octanol–water partition coefficient (Wildman–Crippen LogP) is 1.52. The van der Waals surface area contributed by atoms with Crippen molar-refractivity contribution in [2.45, 2.75) is 32.7 Å². The Morgan fingerprint density at radius 1 is 1.31 bits per heavy atom. The fourth-order valence-electron chi connectivity index (χ4n) is 1.81. The Bertz CT molecular complexity index is 283. The van der Waals surface area contributed by atoms with Gasteiger partial charge in [0, 0.05) is 11.4 Å². The third kappa shape index (κ3) is 1.86. The smallest absolute Gasteiger partial charge is 0.145 e. The van der Waals surface area contributed by atoms with E-state index in [0.29, 0.717) is 6.04 Å². The molecule has 2 heterocycles. The molecule has 2 rings (SSSR count). The Morgan fingerprint density at radius 2 is 2.00 bits per heavy atom. The maximum Gasteiger partial charge on any atom is 0.145 e. The van der Waals surface area contributed by atoms with Crippen molar-refractivity contribution in [1.29, 1.82) is 0 Å². The van der Waals surface area contributed by atoms with Gasteiger partial charge in [-0.3, -0.25) is 0 Å². The number of nitrogens with one attached hydrogen (secondary N) is 1. The van der Waals surface area contributed by atoms with Gasteiger partial charge in [-0.25, -0.2) is 9.97 Å². The molecule has 1 aromatic rings. The first-order valence-corrected chi connectivity index (χ1v) is 4.81. The van der Waals surface area contributed by atoms with Gasteiger partial charge in [-0.15, -0.1) is 0 Å². The maximum absolute atomic E-state index is 4.44. The summed E-state index contributed by atoms with van der Waals surface area (Å²) in [6.45, 7) is 5.14. The zero-order valence-electron chi connectivity index (χ0n) is 8.17. The van der Waals surface area contributed by atoms with Gasteiger partial charge in [0.1, 0.15) is 5.82 Å². The zero-order valence-corrected chi connectivity index (χ0v) is 8.17. The Hall–Kier alpha value is -0.960. The van der Waals surface area contributed by atoms with Crippen LogP contribution in [0.1, 0.15) is 36.1 Å². The molecule has 0 bridgehead atoms. The van der Waals surface area contributed by atoms with Gasteiger partial charge in [-0.2, -0.15) is 0 Å². The highest BCUT2D eigenvalue weighted by atomic mass is 15.0. The molecular weight excluding hydrogens is 162 g/mol. The lowest BCUT2D eigenvalue weighted by molar-refractivity contribution is 0.599. The quantitative estimate of drug-likeness (QED) is 0.706. The molecule has 1 N–H and O–H groups in total. The van der Waals surface area contributed by atoms with Crippen molar-refractivity contribution in [2.24, 2.45) is 0 Å². The summed E-state index contributed by atoms with van der Waals surface area (Å²) in [5, 5.41) is 3.40. The van der Waals surface area contributed by atoms with E-state index < -0.39 is 0 Å². The van der Waals surface area contributed by atoms with Crippen LogP contribution in [0, 0.1) is 13.8 Å². The molecule has 3 nitrogen and oxygen atoms in total. The van der Waals surface area contributed by atoms with Crippen molar-refractivity contribution >= 4 is 0 Å². The van der Waals surface area contributed by atoms with Crippen LogP contribution in [0.3, 0.4) is 0 Å². The van der Waals surface area contributed by atoms with Crippen LogP contribution in [0.2, 0.25) is 0 Å². The summed E-state index contributed by atoms with van der Waals surface area (Å²) in [6.07, 6.45) is 2.41. The van der Waals surface area contributed by atoms with Gasteiger partial charge in [0.05, 0.1) is 6.04 Å². The van der Waals surface area contributed by atoms with E-state index in [-0.39, 0.29) is 0 Å². The maximum atomic E-state index is 4.44. The molecule has 0 spiro atoms. The Labute approximate surface area is 78.6 Å². The van der Waals surface area contributed by atoms with E-state index in [1.54, 1.807) is 0 Å². The van der Waals surface area contributed by atoms with Gasteiger partial charge < -0.3 is 5.32 Å². The minimum atomic E-state index is 0.388. The summed E-state index contributed by atoms with van der Waals surface area (Å²) in [5.41, 5.74) is 2.13. The SMILES string of the molecule is Cc1cc(C)nc([C@@H]2CCCN2)n1. The molecule has 3 heteroatoms. The third-order valence-corrected chi connectivity index (χ3v) is 2.37. The van der Waals surface area contributed by atoms with Crippen LogP contribution >= 0.6 is 0 Å². The van der Waals surface area contributed by atoms with Crippen molar-refractivity contribution in [3.63, 3.8) is 0 Å². The van der Waals surface area contributed by atoms with Gasteiger partial charge in [-0.05, 0) is 39.3 Å². The molecule has 0 unspecified atom stereocenters. The summed E-state index contributed by atoms with van der Waals surface area (Å²) >= 11 is 0. The third-order valence-electron chi connectivity index (χ3n) is 2.37. The van der Waals surface area contributed by atoms with Gasteiger partial charge in [-0.1, -0.05) is 0 Å². The fraction of sp³-hybridized carbons (Fsp3) is 0.600. The number of aromatic nitrogens is 2. The Balaban J connectivity index is 2.28. The topological polar surface area (TPSA) is 37.8 Å². The average Bonchev–Trinajstić information content (AvgIpc) is 2.53. The first-order chi connectivity index (χ1) is 6.25. The normalized spacial score (nSPS) is 22.2. The van der Waals surface area contributed by atoms with E-state index in [0.717, 1.165) is 23.8 Å². The second kappa shape index (κ2) is 3.42. The molecule has 1 aliphatic heterocycles. The largest absolute Gasteiger partial charge is 0.307 e. The van der Waals surface area contributed by atoms with E-state index in [1.807, 2.05) is 19.9 Å². The minimum Gasteiger partial charge on any atom is -0.307 e. The van der Waals surface area contributed by atoms with E-state index >= 15 is 0 Å². The first kappa shape index (κ1) is 8.63. The highest BCUT2D eigenvalue weighted by Gasteiger charge is 2.18. The molecule has 0 aromatic carbocycles. The standard InChI is InChI=1S/C10H15N3/c1-7-6-8(2)13-10(12-7)9-4-3-5-11-9/h6,9,11H,3-5H2,1-2H3/t9-/m0/s1. The lowest BCUT2D eigenvalue weighted by atomic mass is 10.2. The van der Waals surface area contributed by atoms with Crippen LogP contribution in [-0.2, 0) is 0 Å². The molecule has 1 aromatic heterocycles. The molecule has 13 heavy (non-hydrogen) atoms. The fourth-order valence-corrected chi connectivity index (χ4v) is 1.81. The lowest BCUT2D eigenvalue weighted by Crippen LogP contribution is -2.16. The molecule has 1 saturated heterocycles. The highest BCUT2D eigenvalue weighted by Crippen LogP contribution is 2.19. The van der Waals surface area contributed by atoms with Crippen molar-refractivity contribution in [1.82, 2.24) is 15.3 Å². The van der Waals surface area contributed by atoms with Gasteiger partial charge in [0.15, 0.2) is 0 Å². The molecule has 0 amide bonds. The van der Waals surface area contributed by atoms with Crippen LogP contribution in [0.15, 0.2) is 6.07 Å². The van der Waals surface area contributed by atoms with Crippen molar-refractivity contribution in [3.05, 3.63) is 23.3 Å². The van der Waals surface area contributed by atoms with Gasteiger partial charge in [0.2, 0.25) is 0 Å². The van der Waals surface area contributed by atoms with E-state index in [9.17, 15) is 0 Å². The number of hydrogen-bond donors (Lipinski definition) is 1. The molecule has 0 aliphatic carbocycles. The highest BCUT2D eigenvalue weighted by molar-refractivity contribution is 5.11. The summed E-state index contributed by atoms with van der Waals surface area (Å²) in [4.78, 5) is 8.88. The van der Waals surface area contributed by atoms with Crippen molar-refractivity contribution in [2.75, 3.05) is 6.54 Å². The molecule has 0 saturated carbocycles. The first-order valence-electron chi connectivity index (χ1n) is 4.81. The van der Waals surface area contributed by atoms with E-state index in [1.165, 1.54) is 12.8 Å². The second-order valence-electron chi connectivity index (χ2n) is 3.66. The molecule has 0 radical (unpaired) electrons. The number of hydrogen-bond acceptors (Lipinski definition) is 3. The molecular formula is C10H15N3. The van der Waals surface area contributed by atoms with Crippen LogP contribution < -0.4 is 5.32 Å². The van der Waals surface area contributed by atoms with E-state index in [4.69, 9.17) is 0 Å². The summed E-state index contributed by atoms with van der Waals surface area (Å²) in [5.74, 6) is 0.968. The number of aryl methyl sites for hydroxylation is 2. The Kier molecular flexibility index (Phi) is 2.27. The zero-order chi connectivity index (χ0) is 9.26. The second-order valence-corrected chi connectivity index (χ2v) is 3.66. The molecule has 70 valence electrons. The van der Waals surface area contributed by atoms with Crippen molar-refractivity contribution < 1.29 is 0 Å². The Morgan fingerprint density at radius 3 is 2.54 bits per heavy atom. The summed E-state index contributed by atoms with van der Waals surface area (Å²) in [6, 6.07) is 2.40. The van der Waals surface area contributed by atoms with Crippen LogP contribution in [0.25, 0.3) is 0 Å².